The zero-order chi connectivity index (χ0) is 18.4. The smallest absolute Gasteiger partial charge is 0.277 e. The van der Waals surface area contributed by atoms with Crippen molar-refractivity contribution < 1.29 is 28.8 Å². The first kappa shape index (κ1) is 15.9. The first-order chi connectivity index (χ1) is 12.5. The number of fused-ring (bicyclic) bond motifs is 2. The number of rotatable bonds is 4. The fourth-order valence-corrected chi connectivity index (χ4v) is 3.07. The van der Waals surface area contributed by atoms with Crippen molar-refractivity contribution >= 4 is 11.4 Å². The van der Waals surface area contributed by atoms with Crippen LogP contribution in [0.3, 0.4) is 0 Å². The van der Waals surface area contributed by atoms with E-state index in [1.165, 1.54) is 24.3 Å². The molecule has 0 amide bonds. The van der Waals surface area contributed by atoms with E-state index >= 15 is 0 Å². The third kappa shape index (κ3) is 2.42. The molecule has 26 heavy (non-hydrogen) atoms. The minimum atomic E-state index is -0.667. The number of benzene rings is 2. The summed E-state index contributed by atoms with van der Waals surface area (Å²) in [6.07, 6.45) is 0. The summed E-state index contributed by atoms with van der Waals surface area (Å²) in [5.74, 6) is 0.599. The molecule has 134 valence electrons. The van der Waals surface area contributed by atoms with Gasteiger partial charge in [-0.3, -0.25) is 20.2 Å². The van der Waals surface area contributed by atoms with E-state index in [2.05, 4.69) is 0 Å². The summed E-state index contributed by atoms with van der Waals surface area (Å²) >= 11 is 0. The predicted octanol–water partition coefficient (Wildman–Crippen LogP) is 3.11. The predicted molar refractivity (Wildman–Crippen MR) is 86.0 cm³/mol. The van der Waals surface area contributed by atoms with Gasteiger partial charge in [0.25, 0.3) is 11.4 Å². The summed E-state index contributed by atoms with van der Waals surface area (Å²) in [5, 5.41) is 23.0. The Morgan fingerprint density at radius 1 is 0.769 bits per heavy atom. The van der Waals surface area contributed by atoms with Crippen LogP contribution in [-0.4, -0.2) is 23.4 Å². The number of ether oxygens (including phenoxy) is 4. The number of hydrogen-bond donors (Lipinski definition) is 0. The van der Waals surface area contributed by atoms with E-state index in [0.29, 0.717) is 11.5 Å². The second-order valence-corrected chi connectivity index (χ2v) is 5.76. The Morgan fingerprint density at radius 3 is 1.46 bits per heavy atom. The van der Waals surface area contributed by atoms with Gasteiger partial charge in [0.2, 0.25) is 13.6 Å². The molecule has 4 rings (SSSR count). The lowest BCUT2D eigenvalue weighted by atomic mass is 9.90. The molecule has 10 heteroatoms. The van der Waals surface area contributed by atoms with E-state index in [1.54, 1.807) is 6.92 Å². The number of nitrogens with zero attached hydrogens (tertiary/aromatic N) is 2. The van der Waals surface area contributed by atoms with Gasteiger partial charge in [0, 0.05) is 17.0 Å². The average Bonchev–Trinajstić information content (AvgIpc) is 3.26. The van der Waals surface area contributed by atoms with E-state index in [0.717, 1.165) is 0 Å². The van der Waals surface area contributed by atoms with Gasteiger partial charge in [-0.1, -0.05) is 6.92 Å². The van der Waals surface area contributed by atoms with Crippen molar-refractivity contribution in [2.45, 2.75) is 12.8 Å². The van der Waals surface area contributed by atoms with Crippen LogP contribution < -0.4 is 18.9 Å². The highest BCUT2D eigenvalue weighted by Crippen LogP contribution is 2.46. The van der Waals surface area contributed by atoms with Crippen molar-refractivity contribution in [2.75, 3.05) is 13.6 Å². The molecule has 2 aromatic carbocycles. The van der Waals surface area contributed by atoms with Crippen LogP contribution >= 0.6 is 0 Å². The Balaban J connectivity index is 1.87. The van der Waals surface area contributed by atoms with Crippen LogP contribution in [0.4, 0.5) is 11.4 Å². The molecule has 0 atom stereocenters. The molecule has 0 radical (unpaired) electrons. The highest BCUT2D eigenvalue weighted by Gasteiger charge is 2.32. The van der Waals surface area contributed by atoms with Gasteiger partial charge >= 0.3 is 0 Å². The first-order valence-electron chi connectivity index (χ1n) is 7.61. The normalized spacial score (nSPS) is 13.9. The van der Waals surface area contributed by atoms with Gasteiger partial charge in [0.1, 0.15) is 0 Å². The van der Waals surface area contributed by atoms with E-state index in [-0.39, 0.29) is 47.6 Å². The zero-order valence-corrected chi connectivity index (χ0v) is 13.5. The SMILES string of the molecule is CC(c1cc2c(cc1[N+](=O)[O-])OCO2)c1cc2c(cc1[N+](=O)[O-])OCO2. The van der Waals surface area contributed by atoms with E-state index in [1.807, 2.05) is 0 Å². The van der Waals surface area contributed by atoms with Crippen molar-refractivity contribution in [3.05, 3.63) is 55.6 Å². The van der Waals surface area contributed by atoms with Gasteiger partial charge in [0.15, 0.2) is 23.0 Å². The highest BCUT2D eigenvalue weighted by molar-refractivity contribution is 5.62. The molecule has 0 saturated carbocycles. The largest absolute Gasteiger partial charge is 0.454 e. The minimum absolute atomic E-state index is 0.0332. The van der Waals surface area contributed by atoms with Gasteiger partial charge in [-0.05, 0) is 12.1 Å². The summed E-state index contributed by atoms with van der Waals surface area (Å²) in [6, 6.07) is 5.51. The summed E-state index contributed by atoms with van der Waals surface area (Å²) in [5.41, 5.74) is 0.157. The number of hydrogen-bond acceptors (Lipinski definition) is 8. The van der Waals surface area contributed by atoms with Gasteiger partial charge in [-0.25, -0.2) is 0 Å². The molecular weight excluding hydrogens is 348 g/mol. The van der Waals surface area contributed by atoms with Crippen LogP contribution in [0.5, 0.6) is 23.0 Å². The molecule has 0 aromatic heterocycles. The molecule has 2 heterocycles. The lowest BCUT2D eigenvalue weighted by Crippen LogP contribution is -2.05. The Hall–Kier alpha value is -3.56. The third-order valence-electron chi connectivity index (χ3n) is 4.37. The van der Waals surface area contributed by atoms with E-state index in [4.69, 9.17) is 18.9 Å². The molecule has 10 nitrogen and oxygen atoms in total. The van der Waals surface area contributed by atoms with Crippen LogP contribution in [0.2, 0.25) is 0 Å². The van der Waals surface area contributed by atoms with Crippen molar-refractivity contribution in [1.29, 1.82) is 0 Å². The monoisotopic (exact) mass is 360 g/mol. The maximum Gasteiger partial charge on any atom is 0.277 e. The molecule has 0 unspecified atom stereocenters. The van der Waals surface area contributed by atoms with Gasteiger partial charge < -0.3 is 18.9 Å². The fraction of sp³-hybridized carbons (Fsp3) is 0.250. The molecule has 2 aromatic rings. The zero-order valence-electron chi connectivity index (χ0n) is 13.5. The molecule has 0 spiro atoms. The van der Waals surface area contributed by atoms with Crippen LogP contribution in [0.15, 0.2) is 24.3 Å². The molecule has 0 saturated heterocycles. The van der Waals surface area contributed by atoms with Gasteiger partial charge in [-0.2, -0.15) is 0 Å². The minimum Gasteiger partial charge on any atom is -0.454 e. The Kier molecular flexibility index (Phi) is 3.53. The van der Waals surface area contributed by atoms with Crippen molar-refractivity contribution in [3.8, 4) is 23.0 Å². The maximum absolute atomic E-state index is 11.5. The Bertz CT molecular complexity index is 867. The first-order valence-corrected chi connectivity index (χ1v) is 7.61. The van der Waals surface area contributed by atoms with Crippen LogP contribution in [0, 0.1) is 20.2 Å². The van der Waals surface area contributed by atoms with Crippen molar-refractivity contribution in [3.63, 3.8) is 0 Å². The van der Waals surface area contributed by atoms with Gasteiger partial charge in [0.05, 0.1) is 22.0 Å². The Labute approximate surface area is 146 Å². The average molecular weight is 360 g/mol. The van der Waals surface area contributed by atoms with Gasteiger partial charge in [-0.15, -0.1) is 0 Å². The molecule has 2 aliphatic heterocycles. The molecule has 2 aliphatic rings. The maximum atomic E-state index is 11.5. The van der Waals surface area contributed by atoms with Crippen LogP contribution in [-0.2, 0) is 0 Å². The van der Waals surface area contributed by atoms with E-state index < -0.39 is 15.8 Å². The Morgan fingerprint density at radius 2 is 1.12 bits per heavy atom. The molecule has 0 N–H and O–H groups in total. The summed E-state index contributed by atoms with van der Waals surface area (Å²) in [6.45, 7) is 1.58. The van der Waals surface area contributed by atoms with E-state index in [9.17, 15) is 20.2 Å². The van der Waals surface area contributed by atoms with Crippen LogP contribution in [0.25, 0.3) is 0 Å². The third-order valence-corrected chi connectivity index (χ3v) is 4.37. The molecule has 0 aliphatic carbocycles. The fourth-order valence-electron chi connectivity index (χ4n) is 3.07. The van der Waals surface area contributed by atoms with Crippen LogP contribution in [0.1, 0.15) is 24.0 Å². The molecule has 0 fully saturated rings. The van der Waals surface area contributed by atoms with Crippen molar-refractivity contribution in [2.24, 2.45) is 0 Å². The number of nitro benzene ring substituents is 2. The highest BCUT2D eigenvalue weighted by atomic mass is 16.7. The molecular formula is C16H12N2O8. The quantitative estimate of drug-likeness (QED) is 0.602. The standard InChI is InChI=1S/C16H12N2O8/c1-8(9-2-13-15(25-6-23-13)4-11(9)17(19)20)10-3-14-16(26-7-24-14)5-12(10)18(21)22/h2-5,8H,6-7H2,1H3. The topological polar surface area (TPSA) is 123 Å². The van der Waals surface area contributed by atoms with Crippen molar-refractivity contribution in [1.82, 2.24) is 0 Å². The second-order valence-electron chi connectivity index (χ2n) is 5.76. The lowest BCUT2D eigenvalue weighted by molar-refractivity contribution is -0.386. The lowest BCUT2D eigenvalue weighted by Gasteiger charge is -2.14. The summed E-state index contributed by atoms with van der Waals surface area (Å²) in [7, 11) is 0. The molecule has 0 bridgehead atoms. The second kappa shape index (κ2) is 5.76. The summed E-state index contributed by atoms with van der Waals surface area (Å²) in [4.78, 5) is 21.9. The number of nitro groups is 2. The summed E-state index contributed by atoms with van der Waals surface area (Å²) < 4.78 is 20.9.